The number of hydrogen-bond acceptors (Lipinski definition) is 1. The molecule has 0 aliphatic heterocycles. The lowest BCUT2D eigenvalue weighted by Gasteiger charge is -2.11. The van der Waals surface area contributed by atoms with Crippen molar-refractivity contribution in [3.63, 3.8) is 0 Å². The highest BCUT2D eigenvalue weighted by Gasteiger charge is 2.06. The molecule has 0 bridgehead atoms. The third kappa shape index (κ3) is 2.51. The lowest BCUT2D eigenvalue weighted by Crippen LogP contribution is -1.95. The summed E-state index contributed by atoms with van der Waals surface area (Å²) in [6, 6.07) is 15.8. The first-order chi connectivity index (χ1) is 8.22. The van der Waals surface area contributed by atoms with Gasteiger partial charge < -0.3 is 5.32 Å². The zero-order valence-electron chi connectivity index (χ0n) is 9.70. The maximum Gasteiger partial charge on any atom is 0.0417 e. The fraction of sp³-hybridized carbons (Fsp3) is 0.0667. The van der Waals surface area contributed by atoms with Crippen LogP contribution in [0, 0.1) is 0 Å². The number of halogens is 1. The Morgan fingerprint density at radius 2 is 1.71 bits per heavy atom. The van der Waals surface area contributed by atoms with E-state index in [1.807, 2.05) is 49.5 Å². The van der Waals surface area contributed by atoms with Crippen LogP contribution in [0.25, 0.3) is 5.57 Å². The molecule has 0 radical (unpaired) electrons. The lowest BCUT2D eigenvalue weighted by molar-refractivity contribution is 1.47. The van der Waals surface area contributed by atoms with Gasteiger partial charge in [0.2, 0.25) is 0 Å². The molecule has 1 N–H and O–H groups in total. The smallest absolute Gasteiger partial charge is 0.0417 e. The molecular weight excluding hydrogens is 230 g/mol. The van der Waals surface area contributed by atoms with E-state index in [1.54, 1.807) is 0 Å². The van der Waals surface area contributed by atoms with Crippen LogP contribution < -0.4 is 5.32 Å². The molecule has 2 heteroatoms. The molecule has 0 unspecified atom stereocenters. The van der Waals surface area contributed by atoms with Crippen molar-refractivity contribution >= 4 is 22.9 Å². The molecule has 86 valence electrons. The first-order valence-electron chi connectivity index (χ1n) is 5.44. The van der Waals surface area contributed by atoms with Gasteiger partial charge in [0, 0.05) is 23.3 Å². The third-order valence-electron chi connectivity index (χ3n) is 2.71. The van der Waals surface area contributed by atoms with Crippen molar-refractivity contribution in [3.8, 4) is 0 Å². The molecule has 0 heterocycles. The van der Waals surface area contributed by atoms with E-state index in [9.17, 15) is 0 Å². The van der Waals surface area contributed by atoms with Crippen molar-refractivity contribution < 1.29 is 0 Å². The summed E-state index contributed by atoms with van der Waals surface area (Å²) in [5, 5.41) is 3.91. The molecule has 0 amide bonds. The van der Waals surface area contributed by atoms with Crippen LogP contribution in [0.15, 0.2) is 55.1 Å². The van der Waals surface area contributed by atoms with Crippen LogP contribution >= 0.6 is 11.6 Å². The summed E-state index contributed by atoms with van der Waals surface area (Å²) < 4.78 is 0. The minimum Gasteiger partial charge on any atom is -0.388 e. The molecule has 0 aliphatic carbocycles. The standard InChI is InChI=1S/C15H14ClN/c1-11(12-7-9-13(16)10-8-12)14-5-3-4-6-15(14)17-2/h3-10,17H,1H2,2H3. The van der Waals surface area contributed by atoms with Crippen LogP contribution in [0.5, 0.6) is 0 Å². The molecule has 2 rings (SSSR count). The minimum absolute atomic E-state index is 0.739. The van der Waals surface area contributed by atoms with E-state index in [-0.39, 0.29) is 0 Å². The highest BCUT2D eigenvalue weighted by molar-refractivity contribution is 6.30. The Hall–Kier alpha value is -1.73. The summed E-state index contributed by atoms with van der Waals surface area (Å²) in [7, 11) is 1.91. The quantitative estimate of drug-likeness (QED) is 0.840. The predicted molar refractivity (Wildman–Crippen MR) is 75.6 cm³/mol. The highest BCUT2D eigenvalue weighted by Crippen LogP contribution is 2.28. The molecule has 2 aromatic rings. The fourth-order valence-corrected chi connectivity index (χ4v) is 1.90. The Morgan fingerprint density at radius 1 is 1.06 bits per heavy atom. The Kier molecular flexibility index (Phi) is 3.50. The van der Waals surface area contributed by atoms with E-state index in [1.165, 1.54) is 0 Å². The second-order valence-corrected chi connectivity index (χ2v) is 4.22. The first-order valence-corrected chi connectivity index (χ1v) is 5.82. The van der Waals surface area contributed by atoms with Crippen LogP contribution in [-0.4, -0.2) is 7.05 Å². The molecule has 0 saturated carbocycles. The van der Waals surface area contributed by atoms with Gasteiger partial charge in [0.05, 0.1) is 0 Å². The molecule has 0 saturated heterocycles. The highest BCUT2D eigenvalue weighted by atomic mass is 35.5. The third-order valence-corrected chi connectivity index (χ3v) is 2.97. The molecule has 2 aromatic carbocycles. The van der Waals surface area contributed by atoms with E-state index in [0.717, 1.165) is 27.4 Å². The van der Waals surface area contributed by atoms with Crippen LogP contribution in [0.3, 0.4) is 0 Å². The Balaban J connectivity index is 2.40. The number of hydrogen-bond donors (Lipinski definition) is 1. The van der Waals surface area contributed by atoms with Gasteiger partial charge in [-0.25, -0.2) is 0 Å². The summed E-state index contributed by atoms with van der Waals surface area (Å²) in [6.45, 7) is 4.15. The van der Waals surface area contributed by atoms with Crippen molar-refractivity contribution in [2.75, 3.05) is 12.4 Å². The molecule has 0 atom stereocenters. The molecule has 17 heavy (non-hydrogen) atoms. The van der Waals surface area contributed by atoms with Gasteiger partial charge in [-0.15, -0.1) is 0 Å². The van der Waals surface area contributed by atoms with E-state index < -0.39 is 0 Å². The van der Waals surface area contributed by atoms with Crippen molar-refractivity contribution in [2.24, 2.45) is 0 Å². The van der Waals surface area contributed by atoms with Gasteiger partial charge in [0.1, 0.15) is 0 Å². The summed E-state index contributed by atoms with van der Waals surface area (Å²) >= 11 is 5.88. The second-order valence-electron chi connectivity index (χ2n) is 3.78. The number of rotatable bonds is 3. The van der Waals surface area contributed by atoms with E-state index in [0.29, 0.717) is 0 Å². The van der Waals surface area contributed by atoms with Crippen LogP contribution in [0.2, 0.25) is 5.02 Å². The van der Waals surface area contributed by atoms with Gasteiger partial charge in [-0.1, -0.05) is 48.5 Å². The zero-order chi connectivity index (χ0) is 12.3. The normalized spacial score (nSPS) is 10.0. The molecule has 0 aromatic heterocycles. The first kappa shape index (κ1) is 11.7. The van der Waals surface area contributed by atoms with Crippen molar-refractivity contribution in [3.05, 3.63) is 71.3 Å². The maximum atomic E-state index is 5.88. The lowest BCUT2D eigenvalue weighted by atomic mass is 9.98. The van der Waals surface area contributed by atoms with Gasteiger partial charge in [-0.3, -0.25) is 0 Å². The summed E-state index contributed by atoms with van der Waals surface area (Å²) in [5.74, 6) is 0. The summed E-state index contributed by atoms with van der Waals surface area (Å²) in [4.78, 5) is 0. The van der Waals surface area contributed by atoms with E-state index in [4.69, 9.17) is 11.6 Å². The average Bonchev–Trinajstić information content (AvgIpc) is 2.39. The van der Waals surface area contributed by atoms with Gasteiger partial charge in [-0.2, -0.15) is 0 Å². The Morgan fingerprint density at radius 3 is 2.35 bits per heavy atom. The topological polar surface area (TPSA) is 12.0 Å². The van der Waals surface area contributed by atoms with Crippen LogP contribution in [-0.2, 0) is 0 Å². The molecular formula is C15H14ClN. The molecule has 0 spiro atoms. The SMILES string of the molecule is C=C(c1ccc(Cl)cc1)c1ccccc1NC. The summed E-state index contributed by atoms with van der Waals surface area (Å²) in [5.41, 5.74) is 4.26. The van der Waals surface area contributed by atoms with Gasteiger partial charge in [0.15, 0.2) is 0 Å². The maximum absolute atomic E-state index is 5.88. The Labute approximate surface area is 107 Å². The van der Waals surface area contributed by atoms with Gasteiger partial charge in [-0.05, 0) is 29.3 Å². The van der Waals surface area contributed by atoms with E-state index >= 15 is 0 Å². The number of anilines is 1. The minimum atomic E-state index is 0.739. The number of benzene rings is 2. The van der Waals surface area contributed by atoms with E-state index in [2.05, 4.69) is 18.0 Å². The van der Waals surface area contributed by atoms with Crippen LogP contribution in [0.1, 0.15) is 11.1 Å². The molecule has 0 aliphatic rings. The largest absolute Gasteiger partial charge is 0.388 e. The van der Waals surface area contributed by atoms with Crippen molar-refractivity contribution in [2.45, 2.75) is 0 Å². The van der Waals surface area contributed by atoms with Gasteiger partial charge in [0.25, 0.3) is 0 Å². The number of para-hydroxylation sites is 1. The fourth-order valence-electron chi connectivity index (χ4n) is 1.77. The van der Waals surface area contributed by atoms with Crippen LogP contribution in [0.4, 0.5) is 5.69 Å². The zero-order valence-corrected chi connectivity index (χ0v) is 10.5. The Bertz CT molecular complexity index is 529. The van der Waals surface area contributed by atoms with Gasteiger partial charge >= 0.3 is 0 Å². The summed E-state index contributed by atoms with van der Waals surface area (Å²) in [6.07, 6.45) is 0. The average molecular weight is 244 g/mol. The predicted octanol–water partition coefficient (Wildman–Crippen LogP) is 4.44. The molecule has 1 nitrogen and oxygen atoms in total. The van der Waals surface area contributed by atoms with Crippen molar-refractivity contribution in [1.29, 1.82) is 0 Å². The number of nitrogens with one attached hydrogen (secondary N) is 1. The molecule has 0 fully saturated rings. The van der Waals surface area contributed by atoms with Crippen molar-refractivity contribution in [1.82, 2.24) is 0 Å². The monoisotopic (exact) mass is 243 g/mol. The second kappa shape index (κ2) is 5.07.